The molecule has 0 bridgehead atoms. The number of ether oxygens (including phenoxy) is 2. The average Bonchev–Trinajstić information content (AvgIpc) is 2.60. The van der Waals surface area contributed by atoms with E-state index in [0.29, 0.717) is 0 Å². The lowest BCUT2D eigenvalue weighted by Gasteiger charge is -2.30. The molecule has 2 rings (SSSR count). The topological polar surface area (TPSA) is 35.5 Å². The van der Waals surface area contributed by atoms with E-state index < -0.39 is 0 Å². The molecule has 0 N–H and O–H groups in total. The highest BCUT2D eigenvalue weighted by atomic mass is 16.5. The Morgan fingerprint density at radius 2 is 1.80 bits per heavy atom. The molecule has 0 amide bonds. The number of hydrogen-bond donors (Lipinski definition) is 0. The summed E-state index contributed by atoms with van der Waals surface area (Å²) >= 11 is 0. The Morgan fingerprint density at radius 3 is 2.32 bits per heavy atom. The number of hydrogen-bond acceptors (Lipinski definition) is 3. The van der Waals surface area contributed by atoms with E-state index in [0.717, 1.165) is 36.3 Å². The molecule has 0 aromatic heterocycles. The molecule has 0 heterocycles. The van der Waals surface area contributed by atoms with Gasteiger partial charge in [0.2, 0.25) is 0 Å². The molecule has 0 aliphatic heterocycles. The van der Waals surface area contributed by atoms with Gasteiger partial charge in [-0.15, -0.1) is 0 Å². The minimum atomic E-state index is -0.00237. The maximum absolute atomic E-state index is 12.2. The molecule has 1 aliphatic carbocycles. The summed E-state index contributed by atoms with van der Waals surface area (Å²) in [6.07, 6.45) is 8.74. The zero-order chi connectivity index (χ0) is 18.4. The second-order valence-corrected chi connectivity index (χ2v) is 7.17. The highest BCUT2D eigenvalue weighted by Crippen LogP contribution is 2.45. The van der Waals surface area contributed by atoms with Gasteiger partial charge in [-0.1, -0.05) is 31.4 Å². The van der Waals surface area contributed by atoms with Gasteiger partial charge in [0.1, 0.15) is 17.3 Å². The minimum absolute atomic E-state index is 0.00237. The average molecular weight is 344 g/mol. The van der Waals surface area contributed by atoms with E-state index in [4.69, 9.17) is 9.47 Å². The number of benzene rings is 1. The molecular weight excluding hydrogens is 312 g/mol. The van der Waals surface area contributed by atoms with Gasteiger partial charge in [0.25, 0.3) is 0 Å². The van der Waals surface area contributed by atoms with Crippen LogP contribution in [0.5, 0.6) is 11.5 Å². The van der Waals surface area contributed by atoms with Crippen molar-refractivity contribution in [3.8, 4) is 11.5 Å². The Labute approximate surface area is 152 Å². The van der Waals surface area contributed by atoms with Crippen LogP contribution in [0.25, 0.3) is 0 Å². The van der Waals surface area contributed by atoms with Gasteiger partial charge in [-0.05, 0) is 57.2 Å². The molecule has 0 saturated carbocycles. The Kier molecular flexibility index (Phi) is 7.10. The first-order valence-electron chi connectivity index (χ1n) is 9.44. The van der Waals surface area contributed by atoms with Crippen molar-refractivity contribution in [3.05, 3.63) is 34.9 Å². The molecule has 25 heavy (non-hydrogen) atoms. The second-order valence-electron chi connectivity index (χ2n) is 7.17. The third kappa shape index (κ3) is 4.65. The van der Waals surface area contributed by atoms with E-state index in [-0.39, 0.29) is 17.6 Å². The number of carbonyl (C=O) groups excluding carboxylic acids is 1. The standard InChI is InChI=1S/C22H32O3/c1-6-7-8-9-17-13-20(24-4)22(21(14-17)25-5)19-12-15(2)10-11-18(19)16(3)23/h12-14,18-19H,6-11H2,1-5H3/t18-,19-/m1/s1. The van der Waals surface area contributed by atoms with Crippen LogP contribution in [-0.2, 0) is 11.2 Å². The quantitative estimate of drug-likeness (QED) is 0.464. The summed E-state index contributed by atoms with van der Waals surface area (Å²) < 4.78 is 11.5. The summed E-state index contributed by atoms with van der Waals surface area (Å²) in [5.74, 6) is 1.95. The van der Waals surface area contributed by atoms with Crippen LogP contribution >= 0.6 is 0 Å². The second kappa shape index (κ2) is 9.07. The van der Waals surface area contributed by atoms with Crippen LogP contribution in [0.3, 0.4) is 0 Å². The number of unbranched alkanes of at least 4 members (excludes halogenated alkanes) is 2. The van der Waals surface area contributed by atoms with Crippen LogP contribution in [-0.4, -0.2) is 20.0 Å². The fourth-order valence-corrected chi connectivity index (χ4v) is 3.85. The van der Waals surface area contributed by atoms with Crippen molar-refractivity contribution in [2.45, 2.75) is 65.2 Å². The van der Waals surface area contributed by atoms with E-state index in [9.17, 15) is 4.79 Å². The summed E-state index contributed by atoms with van der Waals surface area (Å²) in [5, 5.41) is 0. The minimum Gasteiger partial charge on any atom is -0.496 e. The Bertz CT molecular complexity index is 605. The SMILES string of the molecule is CCCCCc1cc(OC)c([C@@H]2C=C(C)CC[C@@H]2C(C)=O)c(OC)c1. The molecule has 138 valence electrons. The lowest BCUT2D eigenvalue weighted by atomic mass is 9.74. The summed E-state index contributed by atoms with van der Waals surface area (Å²) in [7, 11) is 3.41. The first kappa shape index (κ1) is 19.6. The molecule has 0 spiro atoms. The van der Waals surface area contributed by atoms with E-state index in [1.807, 2.05) is 0 Å². The fraction of sp³-hybridized carbons (Fsp3) is 0.591. The molecule has 1 aliphatic rings. The molecule has 1 aromatic carbocycles. The number of carbonyl (C=O) groups is 1. The summed E-state index contributed by atoms with van der Waals surface area (Å²) in [6.45, 7) is 6.05. The summed E-state index contributed by atoms with van der Waals surface area (Å²) in [4.78, 5) is 12.2. The smallest absolute Gasteiger partial charge is 0.133 e. The van der Waals surface area contributed by atoms with Crippen LogP contribution in [0.15, 0.2) is 23.8 Å². The van der Waals surface area contributed by atoms with Gasteiger partial charge in [0, 0.05) is 17.4 Å². The number of Topliss-reactive ketones (excluding diaryl/α,β-unsaturated/α-hetero) is 1. The van der Waals surface area contributed by atoms with E-state index >= 15 is 0 Å². The van der Waals surface area contributed by atoms with Gasteiger partial charge in [0.05, 0.1) is 14.2 Å². The van der Waals surface area contributed by atoms with Crippen molar-refractivity contribution >= 4 is 5.78 Å². The maximum Gasteiger partial charge on any atom is 0.133 e. The molecule has 3 heteroatoms. The predicted octanol–water partition coefficient (Wildman–Crippen LogP) is 5.47. The normalized spacial score (nSPS) is 20.1. The largest absolute Gasteiger partial charge is 0.496 e. The lowest BCUT2D eigenvalue weighted by molar-refractivity contribution is -0.121. The first-order valence-corrected chi connectivity index (χ1v) is 9.44. The van der Waals surface area contributed by atoms with Crippen molar-refractivity contribution in [2.24, 2.45) is 5.92 Å². The third-order valence-electron chi connectivity index (χ3n) is 5.28. The molecule has 1 aromatic rings. The van der Waals surface area contributed by atoms with Crippen molar-refractivity contribution in [2.75, 3.05) is 14.2 Å². The third-order valence-corrected chi connectivity index (χ3v) is 5.28. The maximum atomic E-state index is 12.2. The van der Waals surface area contributed by atoms with Gasteiger partial charge in [-0.25, -0.2) is 0 Å². The van der Waals surface area contributed by atoms with Gasteiger partial charge < -0.3 is 9.47 Å². The number of rotatable bonds is 8. The molecule has 0 saturated heterocycles. The van der Waals surface area contributed by atoms with Gasteiger partial charge >= 0.3 is 0 Å². The highest BCUT2D eigenvalue weighted by Gasteiger charge is 2.33. The Morgan fingerprint density at radius 1 is 1.16 bits per heavy atom. The van der Waals surface area contributed by atoms with Gasteiger partial charge in [-0.3, -0.25) is 4.79 Å². The van der Waals surface area contributed by atoms with Crippen LogP contribution < -0.4 is 9.47 Å². The Hall–Kier alpha value is -1.77. The molecule has 3 nitrogen and oxygen atoms in total. The first-order chi connectivity index (χ1) is 12.0. The van der Waals surface area contributed by atoms with E-state index in [1.54, 1.807) is 21.1 Å². The van der Waals surface area contributed by atoms with E-state index in [2.05, 4.69) is 32.1 Å². The van der Waals surface area contributed by atoms with Gasteiger partial charge in [0.15, 0.2) is 0 Å². The zero-order valence-electron chi connectivity index (χ0n) is 16.4. The summed E-state index contributed by atoms with van der Waals surface area (Å²) in [5.41, 5.74) is 3.59. The van der Waals surface area contributed by atoms with Crippen molar-refractivity contribution in [1.29, 1.82) is 0 Å². The highest BCUT2D eigenvalue weighted by molar-refractivity contribution is 5.80. The van der Waals surface area contributed by atoms with Crippen LogP contribution in [0, 0.1) is 5.92 Å². The number of aryl methyl sites for hydroxylation is 1. The van der Waals surface area contributed by atoms with Gasteiger partial charge in [-0.2, -0.15) is 0 Å². The zero-order valence-corrected chi connectivity index (χ0v) is 16.4. The number of ketones is 1. The van der Waals surface area contributed by atoms with Crippen LogP contribution in [0.2, 0.25) is 0 Å². The van der Waals surface area contributed by atoms with Crippen LogP contribution in [0.4, 0.5) is 0 Å². The van der Waals surface area contributed by atoms with Crippen molar-refractivity contribution in [3.63, 3.8) is 0 Å². The molecule has 0 fully saturated rings. The van der Waals surface area contributed by atoms with Crippen molar-refractivity contribution in [1.82, 2.24) is 0 Å². The molecular formula is C22H32O3. The molecule has 0 radical (unpaired) electrons. The molecule has 2 atom stereocenters. The number of methoxy groups -OCH3 is 2. The number of allylic oxidation sites excluding steroid dienone is 2. The fourth-order valence-electron chi connectivity index (χ4n) is 3.85. The summed E-state index contributed by atoms with van der Waals surface area (Å²) in [6, 6.07) is 4.25. The molecule has 0 unspecified atom stereocenters. The van der Waals surface area contributed by atoms with Crippen molar-refractivity contribution < 1.29 is 14.3 Å². The monoisotopic (exact) mass is 344 g/mol. The predicted molar refractivity (Wildman–Crippen MR) is 103 cm³/mol. The Balaban J connectivity index is 2.47. The van der Waals surface area contributed by atoms with E-state index in [1.165, 1.54) is 30.4 Å². The lowest BCUT2D eigenvalue weighted by Crippen LogP contribution is -2.23. The van der Waals surface area contributed by atoms with Crippen LogP contribution in [0.1, 0.15) is 69.9 Å².